The molecule has 0 aromatic heterocycles. The molecule has 1 rings (SSSR count). The monoisotopic (exact) mass is 172 g/mol. The highest BCUT2D eigenvalue weighted by Crippen LogP contribution is 2.12. The molecule has 0 spiro atoms. The summed E-state index contributed by atoms with van der Waals surface area (Å²) in [6, 6.07) is 8.29. The van der Waals surface area contributed by atoms with Crippen molar-refractivity contribution in [2.24, 2.45) is 0 Å². The van der Waals surface area contributed by atoms with Gasteiger partial charge < -0.3 is 0 Å². The zero-order valence-corrected chi connectivity index (χ0v) is 8.16. The molecule has 0 fully saturated rings. The van der Waals surface area contributed by atoms with Crippen LogP contribution in [0, 0.1) is 0 Å². The largest absolute Gasteiger partial charge is 0.0984 e. The lowest BCUT2D eigenvalue weighted by Crippen LogP contribution is -1.77. The molecule has 0 atom stereocenters. The van der Waals surface area contributed by atoms with Crippen molar-refractivity contribution in [1.29, 1.82) is 0 Å². The van der Waals surface area contributed by atoms with Crippen LogP contribution < -0.4 is 0 Å². The van der Waals surface area contributed by atoms with Crippen LogP contribution >= 0.6 is 0 Å². The first kappa shape index (κ1) is 9.79. The minimum atomic E-state index is 1.14. The van der Waals surface area contributed by atoms with E-state index in [1.54, 1.807) is 0 Å². The zero-order chi connectivity index (χ0) is 9.52. The summed E-state index contributed by atoms with van der Waals surface area (Å²) in [5, 5.41) is 0. The van der Waals surface area contributed by atoms with Gasteiger partial charge >= 0.3 is 0 Å². The summed E-state index contributed by atoms with van der Waals surface area (Å²) < 4.78 is 0. The fraction of sp³-hybridized carbons (Fsp3) is 0.231. The zero-order valence-electron chi connectivity index (χ0n) is 8.16. The van der Waals surface area contributed by atoms with Crippen LogP contribution in [0.2, 0.25) is 0 Å². The first-order chi connectivity index (χ1) is 6.38. The van der Waals surface area contributed by atoms with Gasteiger partial charge in [0.15, 0.2) is 0 Å². The SMILES string of the molecule is C=Cc1ccccc1/C=C/CCC. The predicted molar refractivity (Wildman–Crippen MR) is 60.5 cm³/mol. The Balaban J connectivity index is 2.80. The Bertz CT molecular complexity index is 295. The summed E-state index contributed by atoms with van der Waals surface area (Å²) in [4.78, 5) is 0. The molecule has 0 saturated carbocycles. The van der Waals surface area contributed by atoms with Crippen LogP contribution in [0.25, 0.3) is 12.2 Å². The Hall–Kier alpha value is -1.30. The molecule has 0 N–H and O–H groups in total. The Labute approximate surface area is 80.6 Å². The number of unbranched alkanes of at least 4 members (excludes halogenated alkanes) is 1. The van der Waals surface area contributed by atoms with Crippen LogP contribution in [0.5, 0.6) is 0 Å². The summed E-state index contributed by atoms with van der Waals surface area (Å²) in [6.45, 7) is 5.97. The van der Waals surface area contributed by atoms with Gasteiger partial charge in [-0.2, -0.15) is 0 Å². The van der Waals surface area contributed by atoms with Crippen molar-refractivity contribution in [3.8, 4) is 0 Å². The lowest BCUT2D eigenvalue weighted by atomic mass is 10.1. The van der Waals surface area contributed by atoms with Gasteiger partial charge in [0.25, 0.3) is 0 Å². The van der Waals surface area contributed by atoms with Gasteiger partial charge in [-0.25, -0.2) is 0 Å². The highest BCUT2D eigenvalue weighted by atomic mass is 14.0. The van der Waals surface area contributed by atoms with Crippen LogP contribution in [0.1, 0.15) is 30.9 Å². The van der Waals surface area contributed by atoms with Gasteiger partial charge in [-0.3, -0.25) is 0 Å². The fourth-order valence-corrected chi connectivity index (χ4v) is 1.23. The highest BCUT2D eigenvalue weighted by molar-refractivity contribution is 5.64. The van der Waals surface area contributed by atoms with Crippen molar-refractivity contribution < 1.29 is 0 Å². The van der Waals surface area contributed by atoms with E-state index in [0.717, 1.165) is 6.42 Å². The highest BCUT2D eigenvalue weighted by Gasteiger charge is 1.91. The molecule has 0 aliphatic carbocycles. The van der Waals surface area contributed by atoms with Gasteiger partial charge in [-0.05, 0) is 17.5 Å². The van der Waals surface area contributed by atoms with E-state index >= 15 is 0 Å². The van der Waals surface area contributed by atoms with E-state index in [1.165, 1.54) is 17.5 Å². The van der Waals surface area contributed by atoms with E-state index in [0.29, 0.717) is 0 Å². The van der Waals surface area contributed by atoms with Gasteiger partial charge in [0.05, 0.1) is 0 Å². The van der Waals surface area contributed by atoms with Crippen LogP contribution in [-0.2, 0) is 0 Å². The van der Waals surface area contributed by atoms with E-state index in [9.17, 15) is 0 Å². The van der Waals surface area contributed by atoms with E-state index < -0.39 is 0 Å². The van der Waals surface area contributed by atoms with Crippen LogP contribution in [0.4, 0.5) is 0 Å². The van der Waals surface area contributed by atoms with Crippen LogP contribution in [0.15, 0.2) is 36.9 Å². The number of benzene rings is 1. The van der Waals surface area contributed by atoms with Crippen molar-refractivity contribution in [2.45, 2.75) is 19.8 Å². The Morgan fingerprint density at radius 3 is 2.54 bits per heavy atom. The van der Waals surface area contributed by atoms with E-state index in [4.69, 9.17) is 0 Å². The number of rotatable bonds is 4. The van der Waals surface area contributed by atoms with Crippen LogP contribution in [0.3, 0.4) is 0 Å². The second kappa shape index (κ2) is 5.36. The predicted octanol–water partition coefficient (Wildman–Crippen LogP) is 4.14. The second-order valence-electron chi connectivity index (χ2n) is 3.02. The first-order valence-electron chi connectivity index (χ1n) is 4.76. The third-order valence-electron chi connectivity index (χ3n) is 1.97. The van der Waals surface area contributed by atoms with E-state index in [2.05, 4.69) is 43.9 Å². The molecule has 0 amide bonds. The molecule has 0 nitrogen and oxygen atoms in total. The molecule has 0 heterocycles. The topological polar surface area (TPSA) is 0 Å². The third-order valence-corrected chi connectivity index (χ3v) is 1.97. The van der Waals surface area contributed by atoms with Crippen LogP contribution in [-0.4, -0.2) is 0 Å². The van der Waals surface area contributed by atoms with Gasteiger partial charge in [0.2, 0.25) is 0 Å². The molecule has 68 valence electrons. The third kappa shape index (κ3) is 2.90. The average Bonchev–Trinajstić information content (AvgIpc) is 2.19. The first-order valence-corrected chi connectivity index (χ1v) is 4.76. The van der Waals surface area contributed by atoms with E-state index in [1.807, 2.05) is 12.1 Å². The molecule has 0 heteroatoms. The lowest BCUT2D eigenvalue weighted by Gasteiger charge is -1.98. The van der Waals surface area contributed by atoms with Crippen molar-refractivity contribution >= 4 is 12.2 Å². The van der Waals surface area contributed by atoms with Crippen molar-refractivity contribution in [3.05, 3.63) is 48.0 Å². The molecule has 0 bridgehead atoms. The van der Waals surface area contributed by atoms with Crippen molar-refractivity contribution in [2.75, 3.05) is 0 Å². The summed E-state index contributed by atoms with van der Waals surface area (Å²) >= 11 is 0. The summed E-state index contributed by atoms with van der Waals surface area (Å²) in [6.07, 6.45) is 8.62. The molecule has 0 aliphatic heterocycles. The van der Waals surface area contributed by atoms with Crippen molar-refractivity contribution in [1.82, 2.24) is 0 Å². The molecule has 13 heavy (non-hydrogen) atoms. The second-order valence-corrected chi connectivity index (χ2v) is 3.02. The maximum atomic E-state index is 3.79. The van der Waals surface area contributed by atoms with Crippen molar-refractivity contribution in [3.63, 3.8) is 0 Å². The van der Waals surface area contributed by atoms with Gasteiger partial charge in [0, 0.05) is 0 Å². The number of hydrogen-bond acceptors (Lipinski definition) is 0. The molecule has 0 radical (unpaired) electrons. The number of hydrogen-bond donors (Lipinski definition) is 0. The minimum absolute atomic E-state index is 1.14. The molecular weight excluding hydrogens is 156 g/mol. The molecule has 0 unspecified atom stereocenters. The molecule has 1 aromatic rings. The average molecular weight is 172 g/mol. The fourth-order valence-electron chi connectivity index (χ4n) is 1.23. The smallest absolute Gasteiger partial charge is 0.0187 e. The van der Waals surface area contributed by atoms with Gasteiger partial charge in [0.1, 0.15) is 0 Å². The number of allylic oxidation sites excluding steroid dienone is 1. The lowest BCUT2D eigenvalue weighted by molar-refractivity contribution is 0.962. The maximum absolute atomic E-state index is 3.79. The molecule has 0 saturated heterocycles. The molecule has 1 aromatic carbocycles. The van der Waals surface area contributed by atoms with E-state index in [-0.39, 0.29) is 0 Å². The standard InChI is InChI=1S/C13H16/c1-3-5-6-10-13-11-8-7-9-12(13)4-2/h4,6-11H,2-3,5H2,1H3/b10-6+. The Morgan fingerprint density at radius 2 is 1.92 bits per heavy atom. The van der Waals surface area contributed by atoms with Gasteiger partial charge in [-0.1, -0.05) is 62.4 Å². The normalized spacial score (nSPS) is 10.5. The van der Waals surface area contributed by atoms with Gasteiger partial charge in [-0.15, -0.1) is 0 Å². The Kier molecular flexibility index (Phi) is 4.04. The maximum Gasteiger partial charge on any atom is -0.0187 e. The summed E-state index contributed by atoms with van der Waals surface area (Å²) in [7, 11) is 0. The minimum Gasteiger partial charge on any atom is -0.0984 e. The Morgan fingerprint density at radius 1 is 1.23 bits per heavy atom. The summed E-state index contributed by atoms with van der Waals surface area (Å²) in [5.74, 6) is 0. The quantitative estimate of drug-likeness (QED) is 0.640. The molecular formula is C13H16. The summed E-state index contributed by atoms with van der Waals surface area (Å²) in [5.41, 5.74) is 2.46. The molecule has 0 aliphatic rings.